The molecule has 10 heteroatoms. The highest BCUT2D eigenvalue weighted by Gasteiger charge is 2.29. The molecule has 1 aromatic heterocycles. The summed E-state index contributed by atoms with van der Waals surface area (Å²) < 4.78 is 34.7. The van der Waals surface area contributed by atoms with Crippen molar-refractivity contribution in [3.63, 3.8) is 0 Å². The number of aryl methyl sites for hydroxylation is 1. The number of amides is 1. The van der Waals surface area contributed by atoms with E-state index in [2.05, 4.69) is 10.4 Å². The van der Waals surface area contributed by atoms with Gasteiger partial charge in [0.25, 0.3) is 11.5 Å². The quantitative estimate of drug-likeness (QED) is 0.664. The van der Waals surface area contributed by atoms with E-state index in [1.54, 1.807) is 19.1 Å². The topological polar surface area (TPSA) is 111 Å². The summed E-state index contributed by atoms with van der Waals surface area (Å²) in [7, 11) is -3.76. The van der Waals surface area contributed by atoms with E-state index >= 15 is 0 Å². The van der Waals surface area contributed by atoms with Crippen LogP contribution >= 0.6 is 0 Å². The molecule has 3 rings (SSSR count). The standard InChI is InChI=1S/C21H28N4O5S/c1-3-12-25-20(26)11-9-17(23-25)21(27)22-16-8-10-18(30-4-2)19(15-16)31(28,29)24-13-6-5-7-14-24/h8-11,15H,3-7,12-14H2,1-2H3,(H,22,27). The van der Waals surface area contributed by atoms with Crippen LogP contribution in [0.4, 0.5) is 5.69 Å². The van der Waals surface area contributed by atoms with Crippen LogP contribution in [0.25, 0.3) is 0 Å². The SMILES string of the molecule is CCCn1nc(C(=O)Nc2ccc(OCC)c(S(=O)(=O)N3CCCCC3)c2)ccc1=O. The monoisotopic (exact) mass is 448 g/mol. The lowest BCUT2D eigenvalue weighted by Gasteiger charge is -2.27. The number of hydrogen-bond acceptors (Lipinski definition) is 6. The first-order valence-electron chi connectivity index (χ1n) is 10.5. The van der Waals surface area contributed by atoms with Gasteiger partial charge in [-0.05, 0) is 50.5 Å². The van der Waals surface area contributed by atoms with Gasteiger partial charge in [0.2, 0.25) is 10.0 Å². The molecule has 2 aromatic rings. The zero-order valence-corrected chi connectivity index (χ0v) is 18.7. The Hall–Kier alpha value is -2.72. The zero-order chi connectivity index (χ0) is 22.4. The number of aromatic nitrogens is 2. The van der Waals surface area contributed by atoms with Crippen LogP contribution in [0.2, 0.25) is 0 Å². The molecule has 1 fully saturated rings. The van der Waals surface area contributed by atoms with Crippen molar-refractivity contribution in [2.75, 3.05) is 25.0 Å². The highest BCUT2D eigenvalue weighted by atomic mass is 32.2. The number of nitrogens with one attached hydrogen (secondary N) is 1. The van der Waals surface area contributed by atoms with E-state index in [1.807, 2.05) is 6.92 Å². The maximum absolute atomic E-state index is 13.2. The lowest BCUT2D eigenvalue weighted by molar-refractivity contribution is 0.101. The first kappa shape index (κ1) is 23.0. The molecule has 1 aliphatic rings. The summed E-state index contributed by atoms with van der Waals surface area (Å²) in [4.78, 5) is 24.5. The molecule has 0 aliphatic carbocycles. The molecular weight excluding hydrogens is 420 g/mol. The Labute approximate surface area is 182 Å². The van der Waals surface area contributed by atoms with Crippen LogP contribution in [-0.2, 0) is 16.6 Å². The van der Waals surface area contributed by atoms with Crippen LogP contribution in [0.1, 0.15) is 50.0 Å². The van der Waals surface area contributed by atoms with Crippen LogP contribution in [0, 0.1) is 0 Å². The molecule has 1 aliphatic heterocycles. The van der Waals surface area contributed by atoms with Crippen molar-refractivity contribution in [2.45, 2.75) is 51.0 Å². The molecule has 0 radical (unpaired) electrons. The first-order valence-corrected chi connectivity index (χ1v) is 12.0. The number of carbonyl (C=O) groups excluding carboxylic acids is 1. The minimum Gasteiger partial charge on any atom is -0.492 e. The molecule has 9 nitrogen and oxygen atoms in total. The second-order valence-electron chi connectivity index (χ2n) is 7.29. The predicted octanol–water partition coefficient (Wildman–Crippen LogP) is 2.48. The van der Waals surface area contributed by atoms with E-state index in [4.69, 9.17) is 4.74 Å². The molecule has 31 heavy (non-hydrogen) atoms. The second kappa shape index (κ2) is 10.1. The number of rotatable bonds is 8. The van der Waals surface area contributed by atoms with Crippen molar-refractivity contribution >= 4 is 21.6 Å². The van der Waals surface area contributed by atoms with Gasteiger partial charge in [0.15, 0.2) is 0 Å². The lowest BCUT2D eigenvalue weighted by atomic mass is 10.2. The van der Waals surface area contributed by atoms with Crippen molar-refractivity contribution in [2.24, 2.45) is 0 Å². The molecule has 0 atom stereocenters. The highest BCUT2D eigenvalue weighted by Crippen LogP contribution is 2.31. The number of sulfonamides is 1. The summed E-state index contributed by atoms with van der Waals surface area (Å²) >= 11 is 0. The van der Waals surface area contributed by atoms with Gasteiger partial charge in [0.1, 0.15) is 16.3 Å². The summed E-state index contributed by atoms with van der Waals surface area (Å²) in [5, 5.41) is 6.77. The molecule has 1 amide bonds. The maximum atomic E-state index is 13.2. The summed E-state index contributed by atoms with van der Waals surface area (Å²) in [6.07, 6.45) is 3.35. The van der Waals surface area contributed by atoms with Gasteiger partial charge in [-0.25, -0.2) is 13.1 Å². The average molecular weight is 449 g/mol. The fourth-order valence-electron chi connectivity index (χ4n) is 3.44. The van der Waals surface area contributed by atoms with Crippen molar-refractivity contribution in [3.05, 3.63) is 46.4 Å². The van der Waals surface area contributed by atoms with Gasteiger partial charge in [0.05, 0.1) is 6.61 Å². The van der Waals surface area contributed by atoms with Crippen molar-refractivity contribution in [1.82, 2.24) is 14.1 Å². The molecule has 1 aromatic carbocycles. The van der Waals surface area contributed by atoms with E-state index in [-0.39, 0.29) is 21.9 Å². The van der Waals surface area contributed by atoms with E-state index in [9.17, 15) is 18.0 Å². The minimum absolute atomic E-state index is 0.0259. The lowest BCUT2D eigenvalue weighted by Crippen LogP contribution is -2.35. The summed E-state index contributed by atoms with van der Waals surface area (Å²) in [6, 6.07) is 7.18. The van der Waals surface area contributed by atoms with Gasteiger partial charge >= 0.3 is 0 Å². The molecule has 1 saturated heterocycles. The third kappa shape index (κ3) is 5.31. The third-order valence-electron chi connectivity index (χ3n) is 4.97. The largest absolute Gasteiger partial charge is 0.492 e. The molecule has 0 spiro atoms. The fraction of sp³-hybridized carbons (Fsp3) is 0.476. The van der Waals surface area contributed by atoms with E-state index in [0.29, 0.717) is 38.3 Å². The summed E-state index contributed by atoms with van der Waals surface area (Å²) in [5.41, 5.74) is 0.0934. The molecule has 168 valence electrons. The van der Waals surface area contributed by atoms with Crippen LogP contribution < -0.4 is 15.6 Å². The van der Waals surface area contributed by atoms with Gasteiger partial charge < -0.3 is 10.1 Å². The number of nitrogens with zero attached hydrogens (tertiary/aromatic N) is 3. The zero-order valence-electron chi connectivity index (χ0n) is 17.8. The number of ether oxygens (including phenoxy) is 1. The molecule has 0 unspecified atom stereocenters. The van der Waals surface area contributed by atoms with Crippen molar-refractivity contribution in [3.8, 4) is 5.75 Å². The van der Waals surface area contributed by atoms with E-state index in [0.717, 1.165) is 19.3 Å². The van der Waals surface area contributed by atoms with Gasteiger partial charge in [-0.2, -0.15) is 9.40 Å². The molecule has 2 heterocycles. The van der Waals surface area contributed by atoms with Gasteiger partial charge in [-0.15, -0.1) is 0 Å². The number of hydrogen-bond donors (Lipinski definition) is 1. The molecule has 0 bridgehead atoms. The second-order valence-corrected chi connectivity index (χ2v) is 9.20. The Bertz CT molecular complexity index is 1090. The Balaban J connectivity index is 1.90. The summed E-state index contributed by atoms with van der Waals surface area (Å²) in [6.45, 7) is 5.34. The smallest absolute Gasteiger partial charge is 0.276 e. The summed E-state index contributed by atoms with van der Waals surface area (Å²) in [5.74, 6) is -0.281. The van der Waals surface area contributed by atoms with Crippen molar-refractivity contribution < 1.29 is 17.9 Å². The Morgan fingerprint density at radius 3 is 2.55 bits per heavy atom. The van der Waals surface area contributed by atoms with Gasteiger partial charge in [0, 0.05) is 31.4 Å². The fourth-order valence-corrected chi connectivity index (χ4v) is 5.12. The number of benzene rings is 1. The first-order chi connectivity index (χ1) is 14.9. The van der Waals surface area contributed by atoms with Crippen LogP contribution in [0.5, 0.6) is 5.75 Å². The number of carbonyl (C=O) groups is 1. The number of piperidine rings is 1. The van der Waals surface area contributed by atoms with Gasteiger partial charge in [-0.1, -0.05) is 13.3 Å². The Morgan fingerprint density at radius 1 is 1.13 bits per heavy atom. The maximum Gasteiger partial charge on any atom is 0.276 e. The normalized spacial score (nSPS) is 14.9. The van der Waals surface area contributed by atoms with Gasteiger partial charge in [-0.3, -0.25) is 9.59 Å². The molecular formula is C21H28N4O5S. The molecule has 1 N–H and O–H groups in total. The molecule has 0 saturated carbocycles. The average Bonchev–Trinajstić information content (AvgIpc) is 2.77. The highest BCUT2D eigenvalue weighted by molar-refractivity contribution is 7.89. The van der Waals surface area contributed by atoms with E-state index in [1.165, 1.54) is 27.2 Å². The third-order valence-corrected chi connectivity index (χ3v) is 6.89. The Morgan fingerprint density at radius 2 is 1.87 bits per heavy atom. The number of anilines is 1. The van der Waals surface area contributed by atoms with Crippen LogP contribution in [0.3, 0.4) is 0 Å². The van der Waals surface area contributed by atoms with Crippen LogP contribution in [-0.4, -0.2) is 48.1 Å². The Kier molecular flexibility index (Phi) is 7.45. The van der Waals surface area contributed by atoms with Crippen LogP contribution in [0.15, 0.2) is 40.0 Å². The minimum atomic E-state index is -3.76. The predicted molar refractivity (Wildman–Crippen MR) is 117 cm³/mol. The van der Waals surface area contributed by atoms with E-state index < -0.39 is 15.9 Å². The van der Waals surface area contributed by atoms with Crippen molar-refractivity contribution in [1.29, 1.82) is 0 Å².